The summed E-state index contributed by atoms with van der Waals surface area (Å²) in [5.74, 6) is 0.314. The molecule has 0 bridgehead atoms. The lowest BCUT2D eigenvalue weighted by atomic mass is 9.98. The van der Waals surface area contributed by atoms with Crippen LogP contribution in [0.2, 0.25) is 0 Å². The van der Waals surface area contributed by atoms with E-state index in [1.165, 1.54) is 18.1 Å². The lowest BCUT2D eigenvalue weighted by Gasteiger charge is -2.11. The maximum Gasteiger partial charge on any atom is 0.302 e. The summed E-state index contributed by atoms with van der Waals surface area (Å²) in [5, 5.41) is 0. The molecule has 0 heterocycles. The summed E-state index contributed by atoms with van der Waals surface area (Å²) in [6.07, 6.45) is 7.35. The minimum Gasteiger partial charge on any atom is -0.466 e. The molecule has 0 rings (SSSR count). The quantitative estimate of drug-likeness (QED) is 0.357. The molecular weight excluding hydrogens is 236 g/mol. The predicted octanol–water partition coefficient (Wildman–Crippen LogP) is 4.82. The number of rotatable bonds is 8. The van der Waals surface area contributed by atoms with Gasteiger partial charge in [-0.2, -0.15) is 0 Å². The predicted molar refractivity (Wildman–Crippen MR) is 82.0 cm³/mol. The molecule has 0 radical (unpaired) electrons. The highest BCUT2D eigenvalue weighted by molar-refractivity contribution is 5.65. The number of carbonyl (C=O) groups excluding carboxylic acids is 1. The third-order valence-corrected chi connectivity index (χ3v) is 2.96. The number of hydrogen-bond donors (Lipinski definition) is 0. The summed E-state index contributed by atoms with van der Waals surface area (Å²) in [4.78, 5) is 10.7. The molecule has 0 aliphatic heterocycles. The Morgan fingerprint density at radius 1 is 1.21 bits per heavy atom. The monoisotopic (exact) mass is 264 g/mol. The minimum absolute atomic E-state index is 0.200. The van der Waals surface area contributed by atoms with Gasteiger partial charge in [0.2, 0.25) is 0 Å². The first kappa shape index (κ1) is 17.7. The third kappa shape index (κ3) is 10.3. The van der Waals surface area contributed by atoms with E-state index in [2.05, 4.69) is 39.5 Å². The normalized spacial score (nSPS) is 12.8. The highest BCUT2D eigenvalue weighted by Gasteiger charge is 2.03. The fourth-order valence-electron chi connectivity index (χ4n) is 1.61. The van der Waals surface area contributed by atoms with E-state index in [4.69, 9.17) is 4.74 Å². The van der Waals surface area contributed by atoms with Crippen molar-refractivity contribution in [1.29, 1.82) is 0 Å². The second-order valence-electron chi connectivity index (χ2n) is 5.46. The lowest BCUT2D eigenvalue weighted by molar-refractivity contribution is -0.141. The van der Waals surface area contributed by atoms with Gasteiger partial charge >= 0.3 is 5.97 Å². The third-order valence-electron chi connectivity index (χ3n) is 2.96. The zero-order valence-corrected chi connectivity index (χ0v) is 13.1. The molecule has 0 aromatic rings. The van der Waals surface area contributed by atoms with Gasteiger partial charge in [0, 0.05) is 6.92 Å². The van der Waals surface area contributed by atoms with Crippen LogP contribution in [0.1, 0.15) is 53.9 Å². The van der Waals surface area contributed by atoms with E-state index in [-0.39, 0.29) is 5.97 Å². The zero-order valence-electron chi connectivity index (χ0n) is 13.1. The number of esters is 1. The second kappa shape index (κ2) is 9.60. The van der Waals surface area contributed by atoms with E-state index < -0.39 is 0 Å². The largest absolute Gasteiger partial charge is 0.466 e. The highest BCUT2D eigenvalue weighted by atomic mass is 16.5. The van der Waals surface area contributed by atoms with Crippen molar-refractivity contribution in [3.05, 3.63) is 35.5 Å². The Balaban J connectivity index is 4.25. The van der Waals surface area contributed by atoms with Crippen molar-refractivity contribution in [3.8, 4) is 0 Å². The van der Waals surface area contributed by atoms with Gasteiger partial charge in [-0.1, -0.05) is 36.8 Å². The molecule has 0 fully saturated rings. The standard InChI is InChI=1S/C17H28O2/c1-13(2)7-9-17(14(3)4)10-8-15(5)11-12-19-16(6)18/h7,10,15H,3,8-9,11-12H2,1-2,4-6H3/b17-10+. The molecule has 108 valence electrons. The van der Waals surface area contributed by atoms with Gasteiger partial charge in [-0.25, -0.2) is 0 Å². The SMILES string of the molecule is C=C(C)/C(=C/CC(C)CCOC(C)=O)CC=C(C)C. The molecule has 1 unspecified atom stereocenters. The smallest absolute Gasteiger partial charge is 0.302 e. The number of allylic oxidation sites excluding steroid dienone is 5. The van der Waals surface area contributed by atoms with Gasteiger partial charge < -0.3 is 4.74 Å². The van der Waals surface area contributed by atoms with Gasteiger partial charge in [-0.05, 0) is 51.5 Å². The summed E-state index contributed by atoms with van der Waals surface area (Å²) in [7, 11) is 0. The van der Waals surface area contributed by atoms with Crippen LogP contribution < -0.4 is 0 Å². The minimum atomic E-state index is -0.200. The molecule has 0 aromatic carbocycles. The van der Waals surface area contributed by atoms with E-state index in [9.17, 15) is 4.79 Å². The van der Waals surface area contributed by atoms with Gasteiger partial charge in [0.05, 0.1) is 6.61 Å². The fourth-order valence-corrected chi connectivity index (χ4v) is 1.61. The number of carbonyl (C=O) groups is 1. The van der Waals surface area contributed by atoms with Crippen molar-refractivity contribution in [2.24, 2.45) is 5.92 Å². The first-order chi connectivity index (χ1) is 8.82. The molecule has 0 N–H and O–H groups in total. The number of hydrogen-bond acceptors (Lipinski definition) is 2. The topological polar surface area (TPSA) is 26.3 Å². The average Bonchev–Trinajstić information content (AvgIpc) is 2.27. The molecule has 0 aliphatic rings. The van der Waals surface area contributed by atoms with E-state index in [0.29, 0.717) is 12.5 Å². The molecule has 0 saturated carbocycles. The van der Waals surface area contributed by atoms with Crippen molar-refractivity contribution in [1.82, 2.24) is 0 Å². The van der Waals surface area contributed by atoms with Crippen LogP contribution >= 0.6 is 0 Å². The molecule has 19 heavy (non-hydrogen) atoms. The van der Waals surface area contributed by atoms with Crippen LogP contribution in [0.5, 0.6) is 0 Å². The fraction of sp³-hybridized carbons (Fsp3) is 0.588. The van der Waals surface area contributed by atoms with Crippen LogP contribution in [0.3, 0.4) is 0 Å². The summed E-state index contributed by atoms with van der Waals surface area (Å²) in [5.41, 5.74) is 3.76. The van der Waals surface area contributed by atoms with Gasteiger partial charge in [0.15, 0.2) is 0 Å². The summed E-state index contributed by atoms with van der Waals surface area (Å²) >= 11 is 0. The summed E-state index contributed by atoms with van der Waals surface area (Å²) < 4.78 is 4.96. The molecule has 1 atom stereocenters. The highest BCUT2D eigenvalue weighted by Crippen LogP contribution is 2.18. The summed E-state index contributed by atoms with van der Waals surface area (Å²) in [6.45, 7) is 14.4. The van der Waals surface area contributed by atoms with Gasteiger partial charge in [0.25, 0.3) is 0 Å². The Kier molecular flexibility index (Phi) is 8.94. The van der Waals surface area contributed by atoms with Crippen LogP contribution in [-0.4, -0.2) is 12.6 Å². The Morgan fingerprint density at radius 2 is 1.84 bits per heavy atom. The van der Waals surface area contributed by atoms with E-state index in [1.54, 1.807) is 0 Å². The van der Waals surface area contributed by atoms with Gasteiger partial charge in [-0.3, -0.25) is 4.79 Å². The molecule has 0 amide bonds. The average molecular weight is 264 g/mol. The Labute approximate surface area is 118 Å². The Morgan fingerprint density at radius 3 is 2.32 bits per heavy atom. The molecule has 0 aliphatic carbocycles. The van der Waals surface area contributed by atoms with Crippen molar-refractivity contribution in [2.45, 2.75) is 53.9 Å². The molecule has 0 aromatic heterocycles. The van der Waals surface area contributed by atoms with E-state index in [0.717, 1.165) is 24.8 Å². The molecule has 0 saturated heterocycles. The van der Waals surface area contributed by atoms with Gasteiger partial charge in [-0.15, -0.1) is 0 Å². The lowest BCUT2D eigenvalue weighted by Crippen LogP contribution is -2.05. The second-order valence-corrected chi connectivity index (χ2v) is 5.46. The van der Waals surface area contributed by atoms with Crippen LogP contribution in [-0.2, 0) is 9.53 Å². The van der Waals surface area contributed by atoms with Crippen LogP contribution in [0.15, 0.2) is 35.5 Å². The molecule has 2 nitrogen and oxygen atoms in total. The Hall–Kier alpha value is -1.31. The van der Waals surface area contributed by atoms with Crippen molar-refractivity contribution in [3.63, 3.8) is 0 Å². The molecular formula is C17H28O2. The van der Waals surface area contributed by atoms with E-state index >= 15 is 0 Å². The van der Waals surface area contributed by atoms with Gasteiger partial charge in [0.1, 0.15) is 0 Å². The number of ether oxygens (including phenoxy) is 1. The van der Waals surface area contributed by atoms with Crippen LogP contribution in [0.4, 0.5) is 0 Å². The maximum atomic E-state index is 10.7. The van der Waals surface area contributed by atoms with Crippen LogP contribution in [0.25, 0.3) is 0 Å². The van der Waals surface area contributed by atoms with Crippen molar-refractivity contribution < 1.29 is 9.53 Å². The van der Waals surface area contributed by atoms with Crippen molar-refractivity contribution >= 4 is 5.97 Å². The first-order valence-corrected chi connectivity index (χ1v) is 6.94. The maximum absolute atomic E-state index is 10.7. The summed E-state index contributed by atoms with van der Waals surface area (Å²) in [6, 6.07) is 0. The van der Waals surface area contributed by atoms with E-state index in [1.807, 2.05) is 6.92 Å². The molecule has 0 spiro atoms. The zero-order chi connectivity index (χ0) is 14.8. The molecule has 2 heteroatoms. The van der Waals surface area contributed by atoms with Crippen molar-refractivity contribution in [2.75, 3.05) is 6.61 Å². The Bertz CT molecular complexity index is 357. The van der Waals surface area contributed by atoms with Crippen LogP contribution in [0, 0.1) is 5.92 Å². The first-order valence-electron chi connectivity index (χ1n) is 6.94.